The van der Waals surface area contributed by atoms with Crippen molar-refractivity contribution in [3.8, 4) is 0 Å². The summed E-state index contributed by atoms with van der Waals surface area (Å²) in [5, 5.41) is 0. The normalized spacial score (nSPS) is 18.7. The topological polar surface area (TPSA) is 65.9 Å². The van der Waals surface area contributed by atoms with Crippen LogP contribution >= 0.6 is 0 Å². The smallest absolute Gasteiger partial charge is 0.255 e. The predicted octanol–water partition coefficient (Wildman–Crippen LogP) is 1.18. The van der Waals surface area contributed by atoms with Crippen LogP contribution in [0.1, 0.15) is 41.5 Å². The molecule has 0 saturated carbocycles. The number of piperazine rings is 1. The number of carbonyl (C=O) groups excluding carboxylic acids is 3. The zero-order chi connectivity index (χ0) is 19.7. The fraction of sp³-hybridized carbons (Fsp3) is 0.650. The van der Waals surface area contributed by atoms with E-state index in [0.717, 1.165) is 29.8 Å². The quantitative estimate of drug-likeness (QED) is 0.781. The fourth-order valence-electron chi connectivity index (χ4n) is 4.07. The summed E-state index contributed by atoms with van der Waals surface area (Å²) in [4.78, 5) is 42.6. The van der Waals surface area contributed by atoms with Gasteiger partial charge in [0.1, 0.15) is 0 Å². The Morgan fingerprint density at radius 2 is 1.44 bits per heavy atom. The van der Waals surface area contributed by atoms with Crippen molar-refractivity contribution in [1.29, 1.82) is 0 Å². The highest BCUT2D eigenvalue weighted by Gasteiger charge is 2.32. The Hall–Kier alpha value is -2.31. The molecular formula is C20H30N4O3. The molecule has 0 aliphatic carbocycles. The largest absolute Gasteiger partial charge is 0.351 e. The minimum absolute atomic E-state index is 0.00173. The van der Waals surface area contributed by atoms with Crippen LogP contribution < -0.4 is 0 Å². The Labute approximate surface area is 160 Å². The van der Waals surface area contributed by atoms with E-state index in [-0.39, 0.29) is 23.6 Å². The zero-order valence-corrected chi connectivity index (χ0v) is 16.8. The molecule has 0 unspecified atom stereocenters. The summed E-state index contributed by atoms with van der Waals surface area (Å²) in [6.45, 7) is 9.19. The average molecular weight is 374 g/mol. The Morgan fingerprint density at radius 1 is 0.889 bits per heavy atom. The summed E-state index contributed by atoms with van der Waals surface area (Å²) in [5.74, 6) is 0.316. The first-order chi connectivity index (χ1) is 12.8. The van der Waals surface area contributed by atoms with Crippen molar-refractivity contribution < 1.29 is 14.4 Å². The summed E-state index contributed by atoms with van der Waals surface area (Å²) in [7, 11) is 1.97. The number of hydrogen-bond donors (Lipinski definition) is 0. The van der Waals surface area contributed by atoms with Gasteiger partial charge in [-0.3, -0.25) is 14.4 Å². The Morgan fingerprint density at radius 3 is 1.93 bits per heavy atom. The van der Waals surface area contributed by atoms with E-state index in [4.69, 9.17) is 0 Å². The van der Waals surface area contributed by atoms with Crippen molar-refractivity contribution in [1.82, 2.24) is 19.3 Å². The van der Waals surface area contributed by atoms with Crippen LogP contribution in [-0.4, -0.2) is 76.3 Å². The Balaban J connectivity index is 1.54. The number of rotatable bonds is 2. The lowest BCUT2D eigenvalue weighted by Crippen LogP contribution is -2.53. The lowest BCUT2D eigenvalue weighted by Gasteiger charge is -2.38. The van der Waals surface area contributed by atoms with Gasteiger partial charge in [-0.25, -0.2) is 0 Å². The second-order valence-corrected chi connectivity index (χ2v) is 7.74. The lowest BCUT2D eigenvalue weighted by molar-refractivity contribution is -0.141. The summed E-state index contributed by atoms with van der Waals surface area (Å²) < 4.78 is 2.03. The van der Waals surface area contributed by atoms with Gasteiger partial charge in [0.05, 0.1) is 5.56 Å². The van der Waals surface area contributed by atoms with E-state index < -0.39 is 0 Å². The highest BCUT2D eigenvalue weighted by molar-refractivity contribution is 5.96. The molecule has 0 N–H and O–H groups in total. The number of nitrogens with zero attached hydrogens (tertiary/aromatic N) is 4. The molecule has 2 saturated heterocycles. The van der Waals surface area contributed by atoms with E-state index >= 15 is 0 Å². The summed E-state index contributed by atoms with van der Waals surface area (Å²) in [6, 6.07) is 1.94. The average Bonchev–Trinajstić information content (AvgIpc) is 2.94. The number of carbonyl (C=O) groups is 3. The first-order valence-corrected chi connectivity index (χ1v) is 9.76. The third-order valence-corrected chi connectivity index (χ3v) is 6.17. The number of aromatic nitrogens is 1. The van der Waals surface area contributed by atoms with Crippen LogP contribution in [0.15, 0.2) is 6.07 Å². The Kier molecular flexibility index (Phi) is 5.58. The first kappa shape index (κ1) is 19.5. The van der Waals surface area contributed by atoms with Crippen LogP contribution in [0.5, 0.6) is 0 Å². The van der Waals surface area contributed by atoms with Crippen molar-refractivity contribution in [3.05, 3.63) is 23.0 Å². The maximum absolute atomic E-state index is 12.8. The molecule has 0 bridgehead atoms. The minimum Gasteiger partial charge on any atom is -0.351 e. The van der Waals surface area contributed by atoms with Gasteiger partial charge in [-0.05, 0) is 32.8 Å². The molecule has 0 spiro atoms. The molecule has 0 radical (unpaired) electrons. The van der Waals surface area contributed by atoms with E-state index in [2.05, 4.69) is 0 Å². The minimum atomic E-state index is 0.00173. The van der Waals surface area contributed by atoms with Crippen LogP contribution in [0.25, 0.3) is 0 Å². The molecule has 0 atom stereocenters. The fourth-order valence-corrected chi connectivity index (χ4v) is 4.07. The maximum Gasteiger partial charge on any atom is 0.255 e. The highest BCUT2D eigenvalue weighted by atomic mass is 16.2. The molecule has 2 fully saturated rings. The molecule has 7 nitrogen and oxygen atoms in total. The number of amides is 3. The molecule has 1 aromatic heterocycles. The van der Waals surface area contributed by atoms with Gasteiger partial charge >= 0.3 is 0 Å². The van der Waals surface area contributed by atoms with Gasteiger partial charge in [0.15, 0.2) is 0 Å². The number of aryl methyl sites for hydroxylation is 1. The molecule has 3 heterocycles. The van der Waals surface area contributed by atoms with Gasteiger partial charge in [-0.2, -0.15) is 0 Å². The van der Waals surface area contributed by atoms with Gasteiger partial charge in [0.25, 0.3) is 5.91 Å². The highest BCUT2D eigenvalue weighted by Crippen LogP contribution is 2.22. The molecule has 3 rings (SSSR count). The SMILES string of the molecule is CC(=O)N1CCC(C(=O)N2CCN(C(=O)c3cc(C)n(C)c3C)CC2)CC1. The van der Waals surface area contributed by atoms with Gasteiger partial charge < -0.3 is 19.3 Å². The number of likely N-dealkylation sites (tertiary alicyclic amines) is 1. The van der Waals surface area contributed by atoms with Crippen molar-refractivity contribution in [2.75, 3.05) is 39.3 Å². The van der Waals surface area contributed by atoms with Crippen molar-refractivity contribution >= 4 is 17.7 Å². The summed E-state index contributed by atoms with van der Waals surface area (Å²) in [6.07, 6.45) is 1.47. The summed E-state index contributed by atoms with van der Waals surface area (Å²) >= 11 is 0. The van der Waals surface area contributed by atoms with Crippen LogP contribution in [0.3, 0.4) is 0 Å². The molecule has 0 aromatic carbocycles. The second kappa shape index (κ2) is 7.74. The number of hydrogen-bond acceptors (Lipinski definition) is 3. The third-order valence-electron chi connectivity index (χ3n) is 6.17. The van der Waals surface area contributed by atoms with Crippen molar-refractivity contribution in [3.63, 3.8) is 0 Å². The number of piperidine rings is 1. The zero-order valence-electron chi connectivity index (χ0n) is 16.8. The molecule has 148 valence electrons. The standard InChI is InChI=1S/C20H30N4O3/c1-14-13-18(15(2)21(14)4)20(27)24-11-9-23(10-12-24)19(26)17-5-7-22(8-6-17)16(3)25/h13,17H,5-12H2,1-4H3. The van der Waals surface area contributed by atoms with E-state index in [1.165, 1.54) is 0 Å². The van der Waals surface area contributed by atoms with Crippen LogP contribution in [0.4, 0.5) is 0 Å². The molecular weight excluding hydrogens is 344 g/mol. The van der Waals surface area contributed by atoms with Crippen molar-refractivity contribution in [2.45, 2.75) is 33.6 Å². The van der Waals surface area contributed by atoms with Crippen LogP contribution in [0, 0.1) is 19.8 Å². The van der Waals surface area contributed by atoms with Gasteiger partial charge in [0.2, 0.25) is 11.8 Å². The molecule has 1 aromatic rings. The van der Waals surface area contributed by atoms with E-state index in [0.29, 0.717) is 39.3 Å². The monoisotopic (exact) mass is 374 g/mol. The molecule has 3 amide bonds. The van der Waals surface area contributed by atoms with E-state index in [9.17, 15) is 14.4 Å². The van der Waals surface area contributed by atoms with Gasteiger partial charge in [-0.1, -0.05) is 0 Å². The van der Waals surface area contributed by atoms with Crippen molar-refractivity contribution in [2.24, 2.45) is 13.0 Å². The maximum atomic E-state index is 12.8. The molecule has 2 aliphatic rings. The predicted molar refractivity (Wildman–Crippen MR) is 102 cm³/mol. The first-order valence-electron chi connectivity index (χ1n) is 9.76. The van der Waals surface area contributed by atoms with Crippen LogP contribution in [0.2, 0.25) is 0 Å². The van der Waals surface area contributed by atoms with Gasteiger partial charge in [0, 0.05) is 70.5 Å². The molecule has 27 heavy (non-hydrogen) atoms. The molecule has 7 heteroatoms. The Bertz CT molecular complexity index is 739. The van der Waals surface area contributed by atoms with Crippen LogP contribution in [-0.2, 0) is 16.6 Å². The summed E-state index contributed by atoms with van der Waals surface area (Å²) in [5.41, 5.74) is 2.81. The second-order valence-electron chi connectivity index (χ2n) is 7.74. The van der Waals surface area contributed by atoms with Gasteiger partial charge in [-0.15, -0.1) is 0 Å². The van der Waals surface area contributed by atoms with E-state index in [1.54, 1.807) is 6.92 Å². The third kappa shape index (κ3) is 3.87. The van der Waals surface area contributed by atoms with E-state index in [1.807, 2.05) is 46.2 Å². The lowest BCUT2D eigenvalue weighted by atomic mass is 9.95. The molecule has 2 aliphatic heterocycles.